The van der Waals surface area contributed by atoms with Crippen LogP contribution >= 0.6 is 0 Å². The first kappa shape index (κ1) is 11.4. The first-order valence-corrected chi connectivity index (χ1v) is 5.53. The topological polar surface area (TPSA) is 26.3 Å². The molecule has 0 amide bonds. The molecule has 1 aliphatic rings. The highest BCUT2D eigenvalue weighted by Gasteiger charge is 2.02. The highest BCUT2D eigenvalue weighted by atomic mass is 16.5. The summed E-state index contributed by atoms with van der Waals surface area (Å²) < 4.78 is 5.04. The molecule has 2 nitrogen and oxygen atoms in total. The van der Waals surface area contributed by atoms with Gasteiger partial charge in [0.1, 0.15) is 5.75 Å². The highest BCUT2D eigenvalue weighted by molar-refractivity contribution is 6.04. The number of rotatable bonds is 4. The lowest BCUT2D eigenvalue weighted by Gasteiger charge is -1.99. The number of ether oxygens (including phenoxy) is 1. The second-order valence-corrected chi connectivity index (χ2v) is 3.77. The molecule has 0 aromatic heterocycles. The third-order valence-electron chi connectivity index (χ3n) is 2.60. The minimum Gasteiger partial charge on any atom is -0.497 e. The molecule has 1 aromatic carbocycles. The Morgan fingerprint density at radius 1 is 1.29 bits per heavy atom. The number of methoxy groups -OCH3 is 1. The molecular weight excluding hydrogens is 212 g/mol. The number of ketones is 1. The fraction of sp³-hybridized carbons (Fsp3) is 0.133. The van der Waals surface area contributed by atoms with E-state index in [1.807, 2.05) is 12.2 Å². The summed E-state index contributed by atoms with van der Waals surface area (Å²) in [5, 5.41) is 0. The Morgan fingerprint density at radius 2 is 2.06 bits per heavy atom. The Bertz CT molecular complexity index is 490. The van der Waals surface area contributed by atoms with Gasteiger partial charge in [0, 0.05) is 5.56 Å². The molecule has 0 N–H and O–H groups in total. The number of allylic oxidation sites excluding steroid dienone is 6. The van der Waals surface area contributed by atoms with Gasteiger partial charge in [-0.2, -0.15) is 0 Å². The maximum absolute atomic E-state index is 11.8. The molecule has 0 atom stereocenters. The lowest BCUT2D eigenvalue weighted by Crippen LogP contribution is -1.94. The van der Waals surface area contributed by atoms with Crippen LogP contribution in [0.25, 0.3) is 0 Å². The van der Waals surface area contributed by atoms with Crippen molar-refractivity contribution in [2.75, 3.05) is 7.11 Å². The summed E-state index contributed by atoms with van der Waals surface area (Å²) in [6.45, 7) is 0. The molecule has 2 heteroatoms. The van der Waals surface area contributed by atoms with Gasteiger partial charge in [-0.15, -0.1) is 0 Å². The molecule has 86 valence electrons. The quantitative estimate of drug-likeness (QED) is 0.581. The zero-order valence-corrected chi connectivity index (χ0v) is 9.72. The van der Waals surface area contributed by atoms with Gasteiger partial charge >= 0.3 is 0 Å². The fourth-order valence-corrected chi connectivity index (χ4v) is 1.62. The molecule has 0 saturated carbocycles. The predicted molar refractivity (Wildman–Crippen MR) is 68.3 cm³/mol. The van der Waals surface area contributed by atoms with Crippen molar-refractivity contribution in [1.29, 1.82) is 0 Å². The van der Waals surface area contributed by atoms with Crippen LogP contribution in [-0.4, -0.2) is 12.9 Å². The summed E-state index contributed by atoms with van der Waals surface area (Å²) in [6, 6.07) is 7.11. The van der Waals surface area contributed by atoms with E-state index in [1.54, 1.807) is 37.5 Å². The second-order valence-electron chi connectivity index (χ2n) is 3.77. The van der Waals surface area contributed by atoms with Crippen LogP contribution in [0.15, 0.2) is 60.2 Å². The number of hydrogen-bond donors (Lipinski definition) is 0. The number of benzene rings is 1. The fourth-order valence-electron chi connectivity index (χ4n) is 1.62. The average molecular weight is 226 g/mol. The van der Waals surface area contributed by atoms with Crippen molar-refractivity contribution in [2.45, 2.75) is 6.42 Å². The van der Waals surface area contributed by atoms with E-state index in [1.165, 1.54) is 0 Å². The third-order valence-corrected chi connectivity index (χ3v) is 2.60. The Kier molecular flexibility index (Phi) is 3.55. The molecule has 17 heavy (non-hydrogen) atoms. The molecule has 0 spiro atoms. The first-order valence-electron chi connectivity index (χ1n) is 5.53. The molecule has 1 aliphatic carbocycles. The van der Waals surface area contributed by atoms with Crippen molar-refractivity contribution in [2.24, 2.45) is 0 Å². The van der Waals surface area contributed by atoms with Crippen LogP contribution in [0.4, 0.5) is 0 Å². The van der Waals surface area contributed by atoms with Crippen LogP contribution in [0.3, 0.4) is 0 Å². The first-order chi connectivity index (χ1) is 8.29. The van der Waals surface area contributed by atoms with Crippen molar-refractivity contribution in [3.63, 3.8) is 0 Å². The Balaban J connectivity index is 2.06. The van der Waals surface area contributed by atoms with E-state index in [0.717, 1.165) is 17.7 Å². The van der Waals surface area contributed by atoms with Crippen LogP contribution in [0.5, 0.6) is 5.75 Å². The Labute approximate surface area is 101 Å². The smallest absolute Gasteiger partial charge is 0.185 e. The van der Waals surface area contributed by atoms with Crippen LogP contribution in [0.1, 0.15) is 16.8 Å². The predicted octanol–water partition coefficient (Wildman–Crippen LogP) is 3.32. The lowest BCUT2D eigenvalue weighted by molar-refractivity contribution is 0.104. The molecule has 0 radical (unpaired) electrons. The molecule has 0 unspecified atom stereocenters. The van der Waals surface area contributed by atoms with Crippen LogP contribution < -0.4 is 4.74 Å². The number of carbonyl (C=O) groups is 1. The normalized spacial score (nSPS) is 14.1. The largest absolute Gasteiger partial charge is 0.497 e. The molecule has 0 aliphatic heterocycles. The van der Waals surface area contributed by atoms with Crippen molar-refractivity contribution < 1.29 is 9.53 Å². The van der Waals surface area contributed by atoms with Gasteiger partial charge in [-0.3, -0.25) is 4.79 Å². The van der Waals surface area contributed by atoms with Gasteiger partial charge in [-0.25, -0.2) is 0 Å². The zero-order chi connectivity index (χ0) is 12.1. The lowest BCUT2D eigenvalue weighted by atomic mass is 10.1. The highest BCUT2D eigenvalue weighted by Crippen LogP contribution is 2.13. The van der Waals surface area contributed by atoms with Crippen LogP contribution in [0.2, 0.25) is 0 Å². The molecule has 2 rings (SSSR count). The van der Waals surface area contributed by atoms with Gasteiger partial charge in [-0.1, -0.05) is 24.3 Å². The number of carbonyl (C=O) groups excluding carboxylic acids is 1. The number of hydrogen-bond acceptors (Lipinski definition) is 2. The summed E-state index contributed by atoms with van der Waals surface area (Å²) >= 11 is 0. The van der Waals surface area contributed by atoms with E-state index in [2.05, 4.69) is 12.2 Å². The van der Waals surface area contributed by atoms with Crippen molar-refractivity contribution in [1.82, 2.24) is 0 Å². The van der Waals surface area contributed by atoms with Crippen molar-refractivity contribution >= 4 is 5.78 Å². The summed E-state index contributed by atoms with van der Waals surface area (Å²) in [5.41, 5.74) is 1.76. The molecule has 1 aromatic rings. The van der Waals surface area contributed by atoms with Crippen molar-refractivity contribution in [3.05, 3.63) is 65.8 Å². The SMILES string of the molecule is COc1ccc(C(=O)/C=C/C2=CCC=C2)cc1. The molecule has 0 saturated heterocycles. The average Bonchev–Trinajstić information content (AvgIpc) is 2.89. The van der Waals surface area contributed by atoms with Crippen LogP contribution in [-0.2, 0) is 0 Å². The summed E-state index contributed by atoms with van der Waals surface area (Å²) in [7, 11) is 1.61. The van der Waals surface area contributed by atoms with Crippen LogP contribution in [0, 0.1) is 0 Å². The molecule has 0 fully saturated rings. The monoisotopic (exact) mass is 226 g/mol. The maximum Gasteiger partial charge on any atom is 0.185 e. The molecule has 0 heterocycles. The van der Waals surface area contributed by atoms with Gasteiger partial charge in [-0.05, 0) is 42.3 Å². The van der Waals surface area contributed by atoms with Crippen molar-refractivity contribution in [3.8, 4) is 5.75 Å². The molecule has 0 bridgehead atoms. The minimum atomic E-state index is 0.00820. The van der Waals surface area contributed by atoms with E-state index in [4.69, 9.17) is 4.74 Å². The zero-order valence-electron chi connectivity index (χ0n) is 9.72. The molecular formula is C15H14O2. The van der Waals surface area contributed by atoms with Gasteiger partial charge in [0.25, 0.3) is 0 Å². The minimum absolute atomic E-state index is 0.00820. The third kappa shape index (κ3) is 2.94. The standard InChI is InChI=1S/C15H14O2/c1-17-14-9-7-13(8-10-14)15(16)11-6-12-4-2-3-5-12/h2,4-11H,3H2,1H3/b11-6+. The summed E-state index contributed by atoms with van der Waals surface area (Å²) in [6.07, 6.45) is 10.6. The van der Waals surface area contributed by atoms with E-state index < -0.39 is 0 Å². The maximum atomic E-state index is 11.8. The van der Waals surface area contributed by atoms with E-state index >= 15 is 0 Å². The van der Waals surface area contributed by atoms with Gasteiger partial charge in [0.15, 0.2) is 5.78 Å². The van der Waals surface area contributed by atoms with E-state index in [0.29, 0.717) is 5.56 Å². The Morgan fingerprint density at radius 3 is 2.65 bits per heavy atom. The van der Waals surface area contributed by atoms with E-state index in [9.17, 15) is 4.79 Å². The summed E-state index contributed by atoms with van der Waals surface area (Å²) in [4.78, 5) is 11.8. The van der Waals surface area contributed by atoms with Gasteiger partial charge in [0.2, 0.25) is 0 Å². The summed E-state index contributed by atoms with van der Waals surface area (Å²) in [5.74, 6) is 0.765. The van der Waals surface area contributed by atoms with Gasteiger partial charge in [0.05, 0.1) is 7.11 Å². The van der Waals surface area contributed by atoms with E-state index in [-0.39, 0.29) is 5.78 Å². The second kappa shape index (κ2) is 5.30. The van der Waals surface area contributed by atoms with Gasteiger partial charge < -0.3 is 4.74 Å². The Hall–Kier alpha value is -2.09.